The van der Waals surface area contributed by atoms with Crippen molar-refractivity contribution in [2.75, 3.05) is 0 Å². The molecule has 1 aromatic carbocycles. The first kappa shape index (κ1) is 14.5. The van der Waals surface area contributed by atoms with Crippen LogP contribution in [0.2, 0.25) is 0 Å². The molecular formula is C16H15BrClN3. The van der Waals surface area contributed by atoms with Gasteiger partial charge in [0, 0.05) is 10.2 Å². The van der Waals surface area contributed by atoms with Gasteiger partial charge in [0.15, 0.2) is 5.65 Å². The van der Waals surface area contributed by atoms with Crippen molar-refractivity contribution in [1.29, 1.82) is 0 Å². The summed E-state index contributed by atoms with van der Waals surface area (Å²) in [5.41, 5.74) is 4.85. The Hall–Kier alpha value is -1.39. The Labute approximate surface area is 137 Å². The molecule has 0 saturated heterocycles. The Morgan fingerprint density at radius 2 is 1.90 bits per heavy atom. The zero-order chi connectivity index (χ0) is 15.1. The molecule has 108 valence electrons. The molecule has 0 saturated carbocycles. The van der Waals surface area contributed by atoms with Crippen LogP contribution in [0, 0.1) is 13.8 Å². The van der Waals surface area contributed by atoms with Crippen LogP contribution in [-0.2, 0) is 0 Å². The highest BCUT2D eigenvalue weighted by Gasteiger charge is 2.19. The minimum Gasteiger partial charge on any atom is -0.278 e. The van der Waals surface area contributed by atoms with E-state index in [1.165, 1.54) is 5.56 Å². The molecule has 0 bridgehead atoms. The van der Waals surface area contributed by atoms with Crippen LogP contribution in [0.3, 0.4) is 0 Å². The van der Waals surface area contributed by atoms with E-state index in [1.807, 2.05) is 30.5 Å². The molecule has 3 nitrogen and oxygen atoms in total. The number of hydrogen-bond donors (Lipinski definition) is 0. The Bertz CT molecular complexity index is 824. The second-order valence-corrected chi connectivity index (χ2v) is 6.68. The third-order valence-corrected chi connectivity index (χ3v) is 4.20. The fraction of sp³-hybridized carbons (Fsp3) is 0.250. The molecule has 0 aliphatic heterocycles. The van der Waals surface area contributed by atoms with Crippen molar-refractivity contribution in [3.63, 3.8) is 0 Å². The van der Waals surface area contributed by atoms with Crippen LogP contribution in [-0.4, -0.2) is 14.5 Å². The van der Waals surface area contributed by atoms with E-state index in [0.717, 1.165) is 32.8 Å². The smallest absolute Gasteiger partial charge is 0.165 e. The van der Waals surface area contributed by atoms with E-state index in [1.54, 1.807) is 0 Å². The Morgan fingerprint density at radius 3 is 2.57 bits per heavy atom. The summed E-state index contributed by atoms with van der Waals surface area (Å²) in [7, 11) is 0. The zero-order valence-electron chi connectivity index (χ0n) is 12.1. The fourth-order valence-electron chi connectivity index (χ4n) is 2.37. The van der Waals surface area contributed by atoms with E-state index in [0.29, 0.717) is 0 Å². The average Bonchev–Trinajstić information content (AvgIpc) is 2.77. The van der Waals surface area contributed by atoms with Gasteiger partial charge < -0.3 is 0 Å². The lowest BCUT2D eigenvalue weighted by atomic mass is 10.2. The summed E-state index contributed by atoms with van der Waals surface area (Å²) < 4.78 is 3.03. The van der Waals surface area contributed by atoms with Gasteiger partial charge in [0.2, 0.25) is 0 Å². The first-order chi connectivity index (χ1) is 9.97. The summed E-state index contributed by atoms with van der Waals surface area (Å²) in [6.45, 7) is 5.97. The van der Waals surface area contributed by atoms with Crippen LogP contribution in [0.4, 0.5) is 0 Å². The van der Waals surface area contributed by atoms with Crippen LogP contribution < -0.4 is 0 Å². The minimum absolute atomic E-state index is 0.201. The van der Waals surface area contributed by atoms with Crippen LogP contribution in [0.5, 0.6) is 0 Å². The molecule has 0 N–H and O–H groups in total. The van der Waals surface area contributed by atoms with Gasteiger partial charge in [-0.15, -0.1) is 11.6 Å². The van der Waals surface area contributed by atoms with Crippen molar-refractivity contribution >= 4 is 38.7 Å². The predicted molar refractivity (Wildman–Crippen MR) is 90.3 cm³/mol. The third kappa shape index (κ3) is 2.58. The van der Waals surface area contributed by atoms with E-state index < -0.39 is 0 Å². The maximum Gasteiger partial charge on any atom is 0.165 e. The van der Waals surface area contributed by atoms with E-state index in [-0.39, 0.29) is 5.38 Å². The van der Waals surface area contributed by atoms with Crippen LogP contribution in [0.1, 0.15) is 29.4 Å². The molecule has 0 fully saturated rings. The van der Waals surface area contributed by atoms with E-state index in [4.69, 9.17) is 11.6 Å². The van der Waals surface area contributed by atoms with Crippen molar-refractivity contribution in [3.05, 3.63) is 51.9 Å². The highest BCUT2D eigenvalue weighted by molar-refractivity contribution is 9.10. The molecule has 1 atom stereocenters. The van der Waals surface area contributed by atoms with Crippen molar-refractivity contribution in [2.24, 2.45) is 0 Å². The molecule has 21 heavy (non-hydrogen) atoms. The van der Waals surface area contributed by atoms with Gasteiger partial charge >= 0.3 is 0 Å². The maximum atomic E-state index is 6.33. The van der Waals surface area contributed by atoms with E-state index in [2.05, 4.69) is 51.0 Å². The van der Waals surface area contributed by atoms with Crippen LogP contribution in [0.25, 0.3) is 16.9 Å². The number of alkyl halides is 1. The van der Waals surface area contributed by atoms with Crippen molar-refractivity contribution in [1.82, 2.24) is 14.5 Å². The summed E-state index contributed by atoms with van der Waals surface area (Å²) in [6, 6.07) is 10.2. The number of rotatable bonds is 2. The number of aromatic nitrogens is 3. The largest absolute Gasteiger partial charge is 0.278 e. The lowest BCUT2D eigenvalue weighted by Gasteiger charge is -2.12. The molecule has 2 heterocycles. The minimum atomic E-state index is -0.201. The number of benzene rings is 1. The quantitative estimate of drug-likeness (QED) is 0.592. The molecular weight excluding hydrogens is 350 g/mol. The Balaban J connectivity index is 2.38. The number of halogens is 2. The SMILES string of the molecule is Cc1ccc(-n2c(C(C)Cl)nc3ccc(C)nc32)c(Br)c1. The van der Waals surface area contributed by atoms with Crippen LogP contribution >= 0.6 is 27.5 Å². The first-order valence-corrected chi connectivity index (χ1v) is 7.97. The van der Waals surface area contributed by atoms with Crippen molar-refractivity contribution < 1.29 is 0 Å². The lowest BCUT2D eigenvalue weighted by molar-refractivity contribution is 0.873. The normalized spacial score (nSPS) is 12.8. The van der Waals surface area contributed by atoms with Gasteiger partial charge in [0.1, 0.15) is 11.3 Å². The number of hydrogen-bond acceptors (Lipinski definition) is 2. The number of pyridine rings is 1. The lowest BCUT2D eigenvalue weighted by Crippen LogP contribution is -2.04. The van der Waals surface area contributed by atoms with E-state index >= 15 is 0 Å². The number of nitrogens with zero attached hydrogens (tertiary/aromatic N) is 3. The summed E-state index contributed by atoms with van der Waals surface area (Å²) in [5.74, 6) is 0.800. The third-order valence-electron chi connectivity index (χ3n) is 3.37. The van der Waals surface area contributed by atoms with Gasteiger partial charge in [-0.2, -0.15) is 0 Å². The van der Waals surface area contributed by atoms with Crippen molar-refractivity contribution in [3.8, 4) is 5.69 Å². The molecule has 0 aliphatic rings. The Morgan fingerprint density at radius 1 is 1.14 bits per heavy atom. The van der Waals surface area contributed by atoms with Gasteiger partial charge in [-0.3, -0.25) is 4.57 Å². The molecule has 0 radical (unpaired) electrons. The summed E-state index contributed by atoms with van der Waals surface area (Å²) in [4.78, 5) is 9.28. The molecule has 3 rings (SSSR count). The number of imidazole rings is 1. The predicted octanol–water partition coefficient (Wildman–Crippen LogP) is 5.10. The first-order valence-electron chi connectivity index (χ1n) is 6.74. The molecule has 1 unspecified atom stereocenters. The molecule has 5 heteroatoms. The topological polar surface area (TPSA) is 30.7 Å². The maximum absolute atomic E-state index is 6.33. The highest BCUT2D eigenvalue weighted by Crippen LogP contribution is 2.31. The Kier molecular flexibility index (Phi) is 3.76. The van der Waals surface area contributed by atoms with Gasteiger partial charge in [0.25, 0.3) is 0 Å². The van der Waals surface area contributed by atoms with Gasteiger partial charge in [0.05, 0.1) is 11.1 Å². The van der Waals surface area contributed by atoms with Gasteiger partial charge in [-0.1, -0.05) is 6.07 Å². The molecule has 3 aromatic rings. The summed E-state index contributed by atoms with van der Waals surface area (Å²) in [6.07, 6.45) is 0. The number of fused-ring (bicyclic) bond motifs is 1. The fourth-order valence-corrected chi connectivity index (χ4v) is 3.18. The number of aryl methyl sites for hydroxylation is 2. The average molecular weight is 365 g/mol. The van der Waals surface area contributed by atoms with Gasteiger partial charge in [-0.25, -0.2) is 9.97 Å². The second-order valence-electron chi connectivity index (χ2n) is 5.17. The van der Waals surface area contributed by atoms with E-state index in [9.17, 15) is 0 Å². The highest BCUT2D eigenvalue weighted by atomic mass is 79.9. The molecule has 2 aromatic heterocycles. The summed E-state index contributed by atoms with van der Waals surface area (Å²) >= 11 is 9.96. The van der Waals surface area contributed by atoms with Gasteiger partial charge in [-0.05, 0) is 66.5 Å². The zero-order valence-corrected chi connectivity index (χ0v) is 14.4. The second kappa shape index (κ2) is 5.43. The van der Waals surface area contributed by atoms with Crippen LogP contribution in [0.15, 0.2) is 34.8 Å². The molecule has 0 aliphatic carbocycles. The monoisotopic (exact) mass is 363 g/mol. The summed E-state index contributed by atoms with van der Waals surface area (Å²) in [5, 5.41) is -0.201. The molecule has 0 spiro atoms. The van der Waals surface area contributed by atoms with Crippen molar-refractivity contribution in [2.45, 2.75) is 26.1 Å². The standard InChI is InChI=1S/C16H15BrClN3/c1-9-4-7-14(12(17)8-9)21-15(11(3)18)20-13-6-5-10(2)19-16(13)21/h4-8,11H,1-3H3. The molecule has 0 amide bonds.